The van der Waals surface area contributed by atoms with Crippen LogP contribution < -0.4 is 20.1 Å². The van der Waals surface area contributed by atoms with Gasteiger partial charge in [0.05, 0.1) is 7.05 Å². The third kappa shape index (κ3) is 4.51. The number of benzene rings is 1. The molecule has 2 heterocycles. The zero-order chi connectivity index (χ0) is 18.7. The SMILES string of the molecule is C[NH+]1CC[NH+](CC(=O)NN2CC(=O)N(c3ccc(Cl)cc3)CC2=O)CC1. The van der Waals surface area contributed by atoms with E-state index in [0.717, 1.165) is 31.2 Å². The molecule has 140 valence electrons. The van der Waals surface area contributed by atoms with Gasteiger partial charge in [0.1, 0.15) is 39.3 Å². The van der Waals surface area contributed by atoms with Gasteiger partial charge in [-0.25, -0.2) is 5.01 Å². The molecule has 9 heteroatoms. The molecule has 2 fully saturated rings. The molecule has 2 aliphatic rings. The van der Waals surface area contributed by atoms with E-state index in [9.17, 15) is 14.4 Å². The minimum Gasteiger partial charge on any atom is -0.328 e. The summed E-state index contributed by atoms with van der Waals surface area (Å²) in [6.45, 7) is 3.94. The molecule has 0 atom stereocenters. The summed E-state index contributed by atoms with van der Waals surface area (Å²) in [7, 11) is 2.14. The first-order valence-corrected chi connectivity index (χ1v) is 9.11. The number of hydrogen-bond acceptors (Lipinski definition) is 3. The summed E-state index contributed by atoms with van der Waals surface area (Å²) in [4.78, 5) is 41.0. The van der Waals surface area contributed by atoms with Crippen LogP contribution in [0, 0.1) is 0 Å². The number of hydrogen-bond donors (Lipinski definition) is 3. The van der Waals surface area contributed by atoms with Crippen LogP contribution in [0.15, 0.2) is 24.3 Å². The molecule has 8 nitrogen and oxygen atoms in total. The number of anilines is 1. The molecule has 0 bridgehead atoms. The quantitative estimate of drug-likeness (QED) is 0.519. The number of nitrogens with zero attached hydrogens (tertiary/aromatic N) is 2. The molecule has 0 saturated carbocycles. The minimum atomic E-state index is -0.314. The Morgan fingerprint density at radius 3 is 2.38 bits per heavy atom. The number of likely N-dealkylation sites (N-methyl/N-ethyl adjacent to an activating group) is 1. The molecule has 2 saturated heterocycles. The predicted octanol–water partition coefficient (Wildman–Crippen LogP) is -3.04. The van der Waals surface area contributed by atoms with Crippen LogP contribution in [-0.4, -0.2) is 75.6 Å². The molecule has 3 rings (SSSR count). The smallest absolute Gasteiger partial charge is 0.293 e. The van der Waals surface area contributed by atoms with Gasteiger partial charge < -0.3 is 14.7 Å². The lowest BCUT2D eigenvalue weighted by Gasteiger charge is -2.34. The van der Waals surface area contributed by atoms with Crippen molar-refractivity contribution >= 4 is 35.0 Å². The summed E-state index contributed by atoms with van der Waals surface area (Å²) < 4.78 is 0. The second-order valence-electron chi connectivity index (χ2n) is 6.86. The van der Waals surface area contributed by atoms with Crippen molar-refractivity contribution < 1.29 is 24.2 Å². The van der Waals surface area contributed by atoms with Crippen LogP contribution in [0.2, 0.25) is 5.02 Å². The summed E-state index contributed by atoms with van der Waals surface area (Å²) in [6.07, 6.45) is 0. The maximum Gasteiger partial charge on any atom is 0.293 e. The molecule has 0 aromatic heterocycles. The van der Waals surface area contributed by atoms with Crippen molar-refractivity contribution in [3.63, 3.8) is 0 Å². The van der Waals surface area contributed by atoms with E-state index in [1.165, 1.54) is 14.7 Å². The van der Waals surface area contributed by atoms with Gasteiger partial charge in [0, 0.05) is 10.7 Å². The lowest BCUT2D eigenvalue weighted by molar-refractivity contribution is -1.000. The van der Waals surface area contributed by atoms with E-state index in [1.807, 2.05) is 0 Å². The number of carbonyl (C=O) groups excluding carboxylic acids is 3. The summed E-state index contributed by atoms with van der Waals surface area (Å²) in [5.41, 5.74) is 3.20. The normalized spacial score (nSPS) is 23.9. The molecule has 1 aromatic rings. The number of quaternary nitrogens is 2. The van der Waals surface area contributed by atoms with Crippen molar-refractivity contribution in [2.24, 2.45) is 0 Å². The van der Waals surface area contributed by atoms with Crippen LogP contribution in [0.3, 0.4) is 0 Å². The Bertz CT molecular complexity index is 688. The van der Waals surface area contributed by atoms with Gasteiger partial charge in [-0.3, -0.25) is 19.8 Å². The van der Waals surface area contributed by atoms with Gasteiger partial charge in [-0.1, -0.05) is 11.6 Å². The fourth-order valence-corrected chi connectivity index (χ4v) is 3.33. The van der Waals surface area contributed by atoms with Gasteiger partial charge in [-0.15, -0.1) is 0 Å². The summed E-state index contributed by atoms with van der Waals surface area (Å²) in [5.74, 6) is -0.797. The van der Waals surface area contributed by atoms with Gasteiger partial charge in [0.2, 0.25) is 5.91 Å². The van der Waals surface area contributed by atoms with Crippen molar-refractivity contribution in [1.29, 1.82) is 0 Å². The third-order valence-corrected chi connectivity index (χ3v) is 5.06. The van der Waals surface area contributed by atoms with E-state index < -0.39 is 0 Å². The zero-order valence-electron chi connectivity index (χ0n) is 14.8. The zero-order valence-corrected chi connectivity index (χ0v) is 15.5. The van der Waals surface area contributed by atoms with Crippen LogP contribution >= 0.6 is 11.6 Å². The van der Waals surface area contributed by atoms with E-state index in [-0.39, 0.29) is 30.8 Å². The molecule has 0 spiro atoms. The van der Waals surface area contributed by atoms with Gasteiger partial charge in [-0.2, -0.15) is 0 Å². The highest BCUT2D eigenvalue weighted by molar-refractivity contribution is 6.30. The molecule has 0 unspecified atom stereocenters. The molecular weight excluding hydrogens is 358 g/mol. The molecule has 3 N–H and O–H groups in total. The second-order valence-corrected chi connectivity index (χ2v) is 7.29. The lowest BCUT2D eigenvalue weighted by atomic mass is 10.2. The minimum absolute atomic E-state index is 0.106. The van der Waals surface area contributed by atoms with Gasteiger partial charge in [0.25, 0.3) is 11.8 Å². The van der Waals surface area contributed by atoms with E-state index in [4.69, 9.17) is 11.6 Å². The van der Waals surface area contributed by atoms with Gasteiger partial charge >= 0.3 is 0 Å². The number of halogens is 1. The molecule has 1 aromatic carbocycles. The van der Waals surface area contributed by atoms with Crippen molar-refractivity contribution in [3.8, 4) is 0 Å². The number of piperazine rings is 2. The van der Waals surface area contributed by atoms with Crippen LogP contribution in [0.5, 0.6) is 0 Å². The summed E-state index contributed by atoms with van der Waals surface area (Å²) >= 11 is 5.85. The molecule has 2 aliphatic heterocycles. The lowest BCUT2D eigenvalue weighted by Crippen LogP contribution is -3.27. The van der Waals surface area contributed by atoms with E-state index in [1.54, 1.807) is 24.3 Å². The maximum atomic E-state index is 12.4. The Morgan fingerprint density at radius 2 is 1.73 bits per heavy atom. The van der Waals surface area contributed by atoms with E-state index in [0.29, 0.717) is 17.3 Å². The number of carbonyl (C=O) groups is 3. The first-order chi connectivity index (χ1) is 12.4. The van der Waals surface area contributed by atoms with Crippen molar-refractivity contribution in [2.75, 3.05) is 57.8 Å². The van der Waals surface area contributed by atoms with Crippen LogP contribution in [0.4, 0.5) is 5.69 Å². The van der Waals surface area contributed by atoms with Crippen LogP contribution in [0.25, 0.3) is 0 Å². The Morgan fingerprint density at radius 1 is 1.08 bits per heavy atom. The Labute approximate surface area is 157 Å². The van der Waals surface area contributed by atoms with Gasteiger partial charge in [0.15, 0.2) is 6.54 Å². The van der Waals surface area contributed by atoms with Crippen LogP contribution in [0.1, 0.15) is 0 Å². The van der Waals surface area contributed by atoms with E-state index in [2.05, 4.69) is 12.5 Å². The van der Waals surface area contributed by atoms with E-state index >= 15 is 0 Å². The Kier molecular flexibility index (Phi) is 5.75. The average Bonchev–Trinajstić information content (AvgIpc) is 2.61. The fourth-order valence-electron chi connectivity index (χ4n) is 3.20. The van der Waals surface area contributed by atoms with Crippen molar-refractivity contribution in [3.05, 3.63) is 29.3 Å². The highest BCUT2D eigenvalue weighted by Gasteiger charge is 2.32. The highest BCUT2D eigenvalue weighted by atomic mass is 35.5. The van der Waals surface area contributed by atoms with Crippen molar-refractivity contribution in [1.82, 2.24) is 10.4 Å². The van der Waals surface area contributed by atoms with Gasteiger partial charge in [-0.05, 0) is 24.3 Å². The van der Waals surface area contributed by atoms with Crippen LogP contribution in [-0.2, 0) is 14.4 Å². The highest BCUT2D eigenvalue weighted by Crippen LogP contribution is 2.20. The first-order valence-electron chi connectivity index (χ1n) is 8.73. The first kappa shape index (κ1) is 18.6. The second kappa shape index (κ2) is 8.03. The molecule has 0 radical (unpaired) electrons. The third-order valence-electron chi connectivity index (χ3n) is 4.81. The summed E-state index contributed by atoms with van der Waals surface area (Å²) in [6, 6.07) is 6.73. The average molecular weight is 382 g/mol. The largest absolute Gasteiger partial charge is 0.328 e. The molecule has 3 amide bonds. The number of amides is 3. The topological polar surface area (TPSA) is 78.6 Å². The number of rotatable bonds is 4. The fraction of sp³-hybridized carbons (Fsp3) is 0.471. The monoisotopic (exact) mass is 381 g/mol. The standard InChI is InChI=1S/C17H22ClN5O3/c1-20-6-8-21(9-7-20)10-15(24)19-23-12-16(25)22(11-17(23)26)14-4-2-13(18)3-5-14/h2-5H,6-12H2,1H3,(H,19,24)/p+2. The molecule has 26 heavy (non-hydrogen) atoms. The molecular formula is C17H24ClN5O3+2. The summed E-state index contributed by atoms with van der Waals surface area (Å²) in [5, 5.41) is 1.68. The Balaban J connectivity index is 1.54. The van der Waals surface area contributed by atoms with Crippen molar-refractivity contribution in [2.45, 2.75) is 0 Å². The number of hydrazine groups is 1. The Hall–Kier alpha value is -2.16. The number of nitrogens with one attached hydrogen (secondary N) is 3. The maximum absolute atomic E-state index is 12.4. The predicted molar refractivity (Wildman–Crippen MR) is 95.8 cm³/mol. The molecule has 0 aliphatic carbocycles.